The molecule has 4 aromatic rings. The fraction of sp³-hybridized carbons (Fsp3) is 0.136. The minimum Gasteiger partial charge on any atom is -1.00 e. The molecule has 0 atom stereocenters. The summed E-state index contributed by atoms with van der Waals surface area (Å²) < 4.78 is 0. The highest BCUT2D eigenvalue weighted by Gasteiger charge is 2.23. The molecule has 0 saturated heterocycles. The average molecular weight is 421 g/mol. The number of halogens is 1. The van der Waals surface area contributed by atoms with Gasteiger partial charge in [-0.15, -0.1) is 0 Å². The highest BCUT2D eigenvalue weighted by molar-refractivity contribution is 5.54. The van der Waals surface area contributed by atoms with Crippen molar-refractivity contribution in [2.75, 3.05) is 0 Å². The first kappa shape index (κ1) is 19.0. The van der Waals surface area contributed by atoms with Crippen LogP contribution in [-0.4, -0.2) is 15.0 Å². The molecule has 0 fully saturated rings. The van der Waals surface area contributed by atoms with Gasteiger partial charge in [-0.05, 0) is 67.1 Å². The van der Waals surface area contributed by atoms with Gasteiger partial charge in [-0.25, -0.2) is 0 Å². The van der Waals surface area contributed by atoms with Crippen molar-refractivity contribution in [2.45, 2.75) is 20.8 Å². The molecule has 5 heteroatoms. The maximum absolute atomic E-state index is 4.78. The van der Waals surface area contributed by atoms with Crippen molar-refractivity contribution in [1.82, 2.24) is 15.0 Å². The fourth-order valence-electron chi connectivity index (χ4n) is 2.79. The summed E-state index contributed by atoms with van der Waals surface area (Å²) in [6.07, 6.45) is 0. The predicted octanol–water partition coefficient (Wildman–Crippen LogP) is 1.14. The second kappa shape index (κ2) is 7.84. The van der Waals surface area contributed by atoms with Gasteiger partial charge in [0.25, 0.3) is 0 Å². The van der Waals surface area contributed by atoms with Crippen molar-refractivity contribution in [3.8, 4) is 22.8 Å². The molecule has 0 aliphatic rings. The zero-order valence-electron chi connectivity index (χ0n) is 15.6. The summed E-state index contributed by atoms with van der Waals surface area (Å²) in [4.78, 5) is 3.69. The number of aryl methyl sites for hydroxylation is 3. The lowest BCUT2D eigenvalue weighted by molar-refractivity contribution is -0.734. The fourth-order valence-corrected chi connectivity index (χ4v) is 2.79. The zero-order valence-corrected chi connectivity index (χ0v) is 17.2. The minimum absolute atomic E-state index is 0. The van der Waals surface area contributed by atoms with Gasteiger partial charge in [0.15, 0.2) is 5.69 Å². The van der Waals surface area contributed by atoms with Crippen molar-refractivity contribution >= 4 is 0 Å². The van der Waals surface area contributed by atoms with Crippen LogP contribution < -0.4 is 21.8 Å². The van der Waals surface area contributed by atoms with Crippen LogP contribution in [0.3, 0.4) is 0 Å². The van der Waals surface area contributed by atoms with Crippen molar-refractivity contribution in [2.24, 2.45) is 0 Å². The van der Waals surface area contributed by atoms with Crippen molar-refractivity contribution in [3.63, 3.8) is 0 Å². The number of benzene rings is 3. The largest absolute Gasteiger partial charge is 1.00 e. The summed E-state index contributed by atoms with van der Waals surface area (Å²) in [6, 6.07) is 24.9. The molecule has 3 aromatic carbocycles. The molecule has 1 aromatic heterocycles. The maximum Gasteiger partial charge on any atom is 0.340 e. The van der Waals surface area contributed by atoms with E-state index in [0.29, 0.717) is 5.82 Å². The van der Waals surface area contributed by atoms with Gasteiger partial charge in [-0.3, -0.25) is 0 Å². The number of aromatic nitrogens is 4. The molecule has 0 radical (unpaired) electrons. The average Bonchev–Trinajstić information content (AvgIpc) is 3.09. The number of nitrogens with zero attached hydrogens (tertiary/aromatic N) is 4. The van der Waals surface area contributed by atoms with E-state index >= 15 is 0 Å². The van der Waals surface area contributed by atoms with Crippen LogP contribution >= 0.6 is 0 Å². The van der Waals surface area contributed by atoms with E-state index in [1.54, 1.807) is 0 Å². The first-order chi connectivity index (χ1) is 12.6. The lowest BCUT2D eigenvalue weighted by atomic mass is 10.1. The Morgan fingerprint density at radius 3 is 1.70 bits per heavy atom. The molecule has 4 nitrogen and oxygen atoms in total. The van der Waals surface area contributed by atoms with Gasteiger partial charge in [0.1, 0.15) is 5.69 Å². The standard InChI is InChI=1S/C22H21N4.BrH/c1-16-4-10-19(11-5-16)22-23-25(20-12-6-17(2)7-13-20)26(24-22)21-14-8-18(3)9-15-21;/h4-15H,1-3H3;1H/q+1;/p-1. The van der Waals surface area contributed by atoms with E-state index < -0.39 is 0 Å². The van der Waals surface area contributed by atoms with Crippen LogP contribution in [0.4, 0.5) is 0 Å². The van der Waals surface area contributed by atoms with Crippen molar-refractivity contribution in [1.29, 1.82) is 0 Å². The van der Waals surface area contributed by atoms with E-state index in [9.17, 15) is 0 Å². The van der Waals surface area contributed by atoms with E-state index in [-0.39, 0.29) is 17.0 Å². The number of tetrazole rings is 1. The Bertz CT molecular complexity index is 970. The van der Waals surface area contributed by atoms with Crippen molar-refractivity contribution in [3.05, 3.63) is 89.5 Å². The van der Waals surface area contributed by atoms with Gasteiger partial charge in [0, 0.05) is 4.80 Å². The van der Waals surface area contributed by atoms with E-state index in [4.69, 9.17) is 10.2 Å². The monoisotopic (exact) mass is 420 g/mol. The minimum atomic E-state index is 0. The number of hydrogen-bond donors (Lipinski definition) is 0. The Morgan fingerprint density at radius 2 is 1.15 bits per heavy atom. The molecule has 0 saturated carbocycles. The Hall–Kier alpha value is -2.79. The second-order valence-electron chi connectivity index (χ2n) is 6.64. The van der Waals surface area contributed by atoms with E-state index in [1.165, 1.54) is 16.7 Å². The summed E-state index contributed by atoms with van der Waals surface area (Å²) in [6.45, 7) is 6.24. The lowest BCUT2D eigenvalue weighted by Crippen LogP contribution is -3.00. The summed E-state index contributed by atoms with van der Waals surface area (Å²) in [7, 11) is 0. The van der Waals surface area contributed by atoms with Gasteiger partial charge in [0.05, 0.1) is 10.7 Å². The quantitative estimate of drug-likeness (QED) is 0.465. The predicted molar refractivity (Wildman–Crippen MR) is 103 cm³/mol. The molecule has 0 spiro atoms. The van der Waals surface area contributed by atoms with Gasteiger partial charge in [-0.2, -0.15) is 0 Å². The molecule has 0 bridgehead atoms. The van der Waals surface area contributed by atoms with Crippen LogP contribution in [-0.2, 0) is 0 Å². The van der Waals surface area contributed by atoms with Crippen molar-refractivity contribution < 1.29 is 21.8 Å². The Kier molecular flexibility index (Phi) is 5.51. The summed E-state index contributed by atoms with van der Waals surface area (Å²) >= 11 is 0. The smallest absolute Gasteiger partial charge is 0.340 e. The SMILES string of the molecule is Cc1ccc(-c2nn(-c3ccc(C)cc3)[n+](-c3ccc(C)cc3)n2)cc1.[Br-]. The van der Waals surface area contributed by atoms with Crippen LogP contribution in [0.5, 0.6) is 0 Å². The summed E-state index contributed by atoms with van der Waals surface area (Å²) in [5, 5.41) is 9.55. The third kappa shape index (κ3) is 3.98. The first-order valence-corrected chi connectivity index (χ1v) is 8.71. The van der Waals surface area contributed by atoms with E-state index in [2.05, 4.69) is 93.6 Å². The van der Waals surface area contributed by atoms with Gasteiger partial charge in [0.2, 0.25) is 0 Å². The highest BCUT2D eigenvalue weighted by Crippen LogP contribution is 2.16. The topological polar surface area (TPSA) is 34.6 Å². The Balaban J connectivity index is 0.00000210. The molecular formula is C22H21BrN4. The molecule has 0 amide bonds. The Labute approximate surface area is 169 Å². The first-order valence-electron chi connectivity index (χ1n) is 8.71. The van der Waals surface area contributed by atoms with E-state index in [0.717, 1.165) is 16.9 Å². The van der Waals surface area contributed by atoms with Gasteiger partial charge >= 0.3 is 5.82 Å². The van der Waals surface area contributed by atoms with Crippen LogP contribution in [0.25, 0.3) is 22.8 Å². The van der Waals surface area contributed by atoms with Gasteiger partial charge < -0.3 is 17.0 Å². The molecule has 1 heterocycles. The van der Waals surface area contributed by atoms with Crippen LogP contribution in [0, 0.1) is 20.8 Å². The van der Waals surface area contributed by atoms with Crippen LogP contribution in [0.2, 0.25) is 0 Å². The molecular weight excluding hydrogens is 400 g/mol. The summed E-state index contributed by atoms with van der Waals surface area (Å²) in [5.41, 5.74) is 6.61. The van der Waals surface area contributed by atoms with Crippen LogP contribution in [0.15, 0.2) is 72.8 Å². The summed E-state index contributed by atoms with van der Waals surface area (Å²) in [5.74, 6) is 0.700. The van der Waals surface area contributed by atoms with E-state index in [1.807, 2.05) is 9.59 Å². The van der Waals surface area contributed by atoms with Crippen LogP contribution in [0.1, 0.15) is 16.7 Å². The molecule has 0 unspecified atom stereocenters. The third-order valence-electron chi connectivity index (χ3n) is 4.40. The number of rotatable bonds is 3. The molecule has 0 aliphatic carbocycles. The number of hydrogen-bond acceptors (Lipinski definition) is 2. The second-order valence-corrected chi connectivity index (χ2v) is 6.64. The third-order valence-corrected chi connectivity index (χ3v) is 4.40. The Morgan fingerprint density at radius 1 is 0.667 bits per heavy atom. The molecule has 27 heavy (non-hydrogen) atoms. The molecule has 0 aliphatic heterocycles. The zero-order chi connectivity index (χ0) is 18.1. The molecule has 136 valence electrons. The molecule has 0 N–H and O–H groups in total. The normalized spacial score (nSPS) is 10.5. The molecule has 4 rings (SSSR count). The maximum atomic E-state index is 4.78. The highest BCUT2D eigenvalue weighted by atomic mass is 79.9. The lowest BCUT2D eigenvalue weighted by Gasteiger charge is -2.00. The van der Waals surface area contributed by atoms with Gasteiger partial charge in [-0.1, -0.05) is 53.1 Å².